The first kappa shape index (κ1) is 16.6. The van der Waals surface area contributed by atoms with E-state index < -0.39 is 19.9 Å². The quantitative estimate of drug-likeness (QED) is 0.529. The van der Waals surface area contributed by atoms with Gasteiger partial charge in [-0.2, -0.15) is 0 Å². The lowest BCUT2D eigenvalue weighted by Gasteiger charge is -2.11. The molecule has 0 bridgehead atoms. The van der Waals surface area contributed by atoms with Gasteiger partial charge in [0.15, 0.2) is 0 Å². The standard InChI is InChI=1S/C12H17FNO5P/c1-2-3-8-14-12(15)11(13)9-4-6-10(7-5-9)19-20(16,17)18/h4-7,11H,2-3,8H2,1H3,(H,14,15)(H2,16,17,18). The summed E-state index contributed by atoms with van der Waals surface area (Å²) in [5.74, 6) is -0.831. The van der Waals surface area contributed by atoms with Crippen molar-refractivity contribution in [2.45, 2.75) is 25.9 Å². The number of phosphoric acid groups is 1. The van der Waals surface area contributed by atoms with Gasteiger partial charge in [-0.15, -0.1) is 0 Å². The van der Waals surface area contributed by atoms with Crippen molar-refractivity contribution in [3.63, 3.8) is 0 Å². The van der Waals surface area contributed by atoms with Crippen LogP contribution in [0.4, 0.5) is 4.39 Å². The number of halogens is 1. The van der Waals surface area contributed by atoms with Crippen molar-refractivity contribution in [2.75, 3.05) is 6.54 Å². The highest BCUT2D eigenvalue weighted by Crippen LogP contribution is 2.37. The van der Waals surface area contributed by atoms with E-state index in [2.05, 4.69) is 9.84 Å². The van der Waals surface area contributed by atoms with Crippen LogP contribution in [0.5, 0.6) is 5.75 Å². The van der Waals surface area contributed by atoms with E-state index in [1.165, 1.54) is 24.3 Å². The maximum absolute atomic E-state index is 13.8. The highest BCUT2D eigenvalue weighted by molar-refractivity contribution is 7.46. The largest absolute Gasteiger partial charge is 0.524 e. The van der Waals surface area contributed by atoms with E-state index in [1.807, 2.05) is 6.92 Å². The molecule has 112 valence electrons. The Labute approximate surface area is 116 Å². The maximum atomic E-state index is 13.8. The van der Waals surface area contributed by atoms with Gasteiger partial charge in [-0.25, -0.2) is 8.96 Å². The molecule has 0 aliphatic rings. The molecule has 0 fully saturated rings. The number of carbonyl (C=O) groups is 1. The molecule has 1 aromatic rings. The molecule has 1 atom stereocenters. The molecule has 0 radical (unpaired) electrons. The second-order valence-corrected chi connectivity index (χ2v) is 5.32. The molecule has 1 rings (SSSR count). The maximum Gasteiger partial charge on any atom is 0.524 e. The molecule has 0 saturated heterocycles. The Bertz CT molecular complexity index is 487. The van der Waals surface area contributed by atoms with Crippen LogP contribution in [0.1, 0.15) is 31.5 Å². The summed E-state index contributed by atoms with van der Waals surface area (Å²) in [7, 11) is -4.64. The normalized spacial score (nSPS) is 12.8. The van der Waals surface area contributed by atoms with Crippen LogP contribution in [-0.4, -0.2) is 22.2 Å². The van der Waals surface area contributed by atoms with Gasteiger partial charge in [0, 0.05) is 6.54 Å². The van der Waals surface area contributed by atoms with Gasteiger partial charge < -0.3 is 9.84 Å². The fourth-order valence-corrected chi connectivity index (χ4v) is 1.86. The van der Waals surface area contributed by atoms with Crippen molar-refractivity contribution in [3.8, 4) is 5.75 Å². The molecular formula is C12H17FNO5P. The van der Waals surface area contributed by atoms with Crippen LogP contribution in [0.15, 0.2) is 24.3 Å². The first-order valence-electron chi connectivity index (χ1n) is 6.10. The Morgan fingerprint density at radius 1 is 1.40 bits per heavy atom. The number of amides is 1. The first-order chi connectivity index (χ1) is 9.33. The number of nitrogens with one attached hydrogen (secondary N) is 1. The molecule has 0 aromatic heterocycles. The molecule has 1 unspecified atom stereocenters. The van der Waals surface area contributed by atoms with E-state index >= 15 is 0 Å². The second kappa shape index (κ2) is 7.38. The number of benzene rings is 1. The van der Waals surface area contributed by atoms with Crippen molar-refractivity contribution < 1.29 is 28.1 Å². The van der Waals surface area contributed by atoms with Crippen LogP contribution in [-0.2, 0) is 9.36 Å². The monoisotopic (exact) mass is 305 g/mol. The summed E-state index contributed by atoms with van der Waals surface area (Å²) in [6.45, 7) is 2.37. The molecule has 3 N–H and O–H groups in total. The van der Waals surface area contributed by atoms with E-state index in [0.29, 0.717) is 6.54 Å². The molecule has 6 nitrogen and oxygen atoms in total. The van der Waals surface area contributed by atoms with Gasteiger partial charge in [-0.05, 0) is 24.1 Å². The van der Waals surface area contributed by atoms with Crippen molar-refractivity contribution in [2.24, 2.45) is 0 Å². The molecule has 0 aliphatic heterocycles. The fourth-order valence-electron chi connectivity index (χ4n) is 1.46. The fraction of sp³-hybridized carbons (Fsp3) is 0.417. The van der Waals surface area contributed by atoms with Crippen LogP contribution in [0.2, 0.25) is 0 Å². The SMILES string of the molecule is CCCCNC(=O)C(F)c1ccc(OP(=O)(O)O)cc1. The van der Waals surface area contributed by atoms with Crippen LogP contribution < -0.4 is 9.84 Å². The summed E-state index contributed by atoms with van der Waals surface area (Å²) in [5, 5.41) is 2.46. The van der Waals surface area contributed by atoms with Crippen LogP contribution in [0.3, 0.4) is 0 Å². The average Bonchev–Trinajstić information content (AvgIpc) is 2.37. The van der Waals surface area contributed by atoms with E-state index in [1.54, 1.807) is 0 Å². The Morgan fingerprint density at radius 2 is 2.00 bits per heavy atom. The first-order valence-corrected chi connectivity index (χ1v) is 7.63. The predicted molar refractivity (Wildman–Crippen MR) is 70.9 cm³/mol. The third kappa shape index (κ3) is 5.69. The summed E-state index contributed by atoms with van der Waals surface area (Å²) in [5.41, 5.74) is 0.0945. The minimum absolute atomic E-state index is 0.0945. The molecule has 0 aliphatic carbocycles. The number of carbonyl (C=O) groups excluding carboxylic acids is 1. The Kier molecular flexibility index (Phi) is 6.13. The summed E-state index contributed by atoms with van der Waals surface area (Å²) >= 11 is 0. The van der Waals surface area contributed by atoms with Crippen LogP contribution in [0, 0.1) is 0 Å². The van der Waals surface area contributed by atoms with Crippen molar-refractivity contribution >= 4 is 13.7 Å². The lowest BCUT2D eigenvalue weighted by Crippen LogP contribution is -2.28. The predicted octanol–water partition coefficient (Wildman–Crippen LogP) is 2.09. The Hall–Kier alpha value is -1.43. The minimum atomic E-state index is -4.64. The highest BCUT2D eigenvalue weighted by Gasteiger charge is 2.20. The molecule has 1 amide bonds. The molecule has 0 heterocycles. The number of phosphoric ester groups is 1. The summed E-state index contributed by atoms with van der Waals surface area (Å²) in [6, 6.07) is 4.88. The van der Waals surface area contributed by atoms with Crippen molar-refractivity contribution in [1.82, 2.24) is 5.32 Å². The van der Waals surface area contributed by atoms with Crippen LogP contribution >= 0.6 is 7.82 Å². The number of hydrogen-bond acceptors (Lipinski definition) is 3. The lowest BCUT2D eigenvalue weighted by atomic mass is 10.1. The Balaban J connectivity index is 2.63. The van der Waals surface area contributed by atoms with Gasteiger partial charge in [0.05, 0.1) is 0 Å². The molecule has 8 heteroatoms. The Morgan fingerprint density at radius 3 is 2.50 bits per heavy atom. The molecular weight excluding hydrogens is 288 g/mol. The average molecular weight is 305 g/mol. The third-order valence-corrected chi connectivity index (χ3v) is 2.91. The lowest BCUT2D eigenvalue weighted by molar-refractivity contribution is -0.126. The highest BCUT2D eigenvalue weighted by atomic mass is 31.2. The van der Waals surface area contributed by atoms with Crippen LogP contribution in [0.25, 0.3) is 0 Å². The zero-order chi connectivity index (χ0) is 15.2. The van der Waals surface area contributed by atoms with Crippen molar-refractivity contribution in [3.05, 3.63) is 29.8 Å². The van der Waals surface area contributed by atoms with Gasteiger partial charge in [-0.3, -0.25) is 14.6 Å². The molecule has 1 aromatic carbocycles. The van der Waals surface area contributed by atoms with E-state index in [0.717, 1.165) is 12.8 Å². The summed E-state index contributed by atoms with van der Waals surface area (Å²) in [6.07, 6.45) is -0.157. The smallest absolute Gasteiger partial charge is 0.404 e. The minimum Gasteiger partial charge on any atom is -0.404 e. The zero-order valence-electron chi connectivity index (χ0n) is 11.0. The second-order valence-electron chi connectivity index (χ2n) is 4.16. The number of rotatable bonds is 7. The van der Waals surface area contributed by atoms with Gasteiger partial charge in [0.1, 0.15) is 5.75 Å². The van der Waals surface area contributed by atoms with E-state index in [4.69, 9.17) is 9.79 Å². The molecule has 0 saturated carbocycles. The van der Waals surface area contributed by atoms with Gasteiger partial charge >= 0.3 is 7.82 Å². The van der Waals surface area contributed by atoms with Crippen molar-refractivity contribution in [1.29, 1.82) is 0 Å². The van der Waals surface area contributed by atoms with E-state index in [9.17, 15) is 13.8 Å². The van der Waals surface area contributed by atoms with Gasteiger partial charge in [-0.1, -0.05) is 25.5 Å². The topological polar surface area (TPSA) is 95.9 Å². The number of unbranched alkanes of at least 4 members (excludes halogenated alkanes) is 1. The zero-order valence-corrected chi connectivity index (χ0v) is 11.8. The molecule has 20 heavy (non-hydrogen) atoms. The van der Waals surface area contributed by atoms with Gasteiger partial charge in [0.2, 0.25) is 6.17 Å². The van der Waals surface area contributed by atoms with Gasteiger partial charge in [0.25, 0.3) is 5.91 Å². The number of alkyl halides is 1. The number of hydrogen-bond donors (Lipinski definition) is 3. The molecule has 0 spiro atoms. The summed E-state index contributed by atoms with van der Waals surface area (Å²) < 4.78 is 28.7. The van der Waals surface area contributed by atoms with E-state index in [-0.39, 0.29) is 11.3 Å². The third-order valence-electron chi connectivity index (χ3n) is 2.46. The summed E-state index contributed by atoms with van der Waals surface area (Å²) in [4.78, 5) is 28.7.